The van der Waals surface area contributed by atoms with Crippen LogP contribution in [0, 0.1) is 0 Å². The molecule has 0 aromatic heterocycles. The lowest BCUT2D eigenvalue weighted by Crippen LogP contribution is -2.49. The molecule has 2 heterocycles. The molecule has 2 aliphatic rings. The molecule has 2 fully saturated rings. The molecule has 110 valence electrons. The molecule has 2 saturated heterocycles. The van der Waals surface area contributed by atoms with E-state index < -0.39 is 0 Å². The highest BCUT2D eigenvalue weighted by Gasteiger charge is 2.31. The van der Waals surface area contributed by atoms with Crippen molar-refractivity contribution < 1.29 is 9.53 Å². The second-order valence-electron chi connectivity index (χ2n) is 5.20. The van der Waals surface area contributed by atoms with Gasteiger partial charge in [-0.2, -0.15) is 0 Å². The standard InChI is InChI=1S/C15H20N2O2.ClH/c18-15(13-7-4-8-16-13)17-9-10-19-14(11-17)12-5-2-1-3-6-12;/h1-3,5-6,13-14,16H,4,7-11H2;1H/t13-,14?;/m0./s1. The molecule has 1 amide bonds. The molecule has 1 aromatic rings. The van der Waals surface area contributed by atoms with Crippen LogP contribution >= 0.6 is 12.4 Å². The zero-order chi connectivity index (χ0) is 13.1. The van der Waals surface area contributed by atoms with Crippen molar-refractivity contribution in [2.75, 3.05) is 26.2 Å². The van der Waals surface area contributed by atoms with E-state index in [-0.39, 0.29) is 30.5 Å². The summed E-state index contributed by atoms with van der Waals surface area (Å²) in [4.78, 5) is 14.3. The monoisotopic (exact) mass is 296 g/mol. The Morgan fingerprint density at radius 1 is 1.30 bits per heavy atom. The van der Waals surface area contributed by atoms with E-state index in [0.717, 1.165) is 24.9 Å². The number of nitrogens with zero attached hydrogens (tertiary/aromatic N) is 1. The Kier molecular flexibility index (Phi) is 5.40. The van der Waals surface area contributed by atoms with Gasteiger partial charge in [-0.3, -0.25) is 4.79 Å². The van der Waals surface area contributed by atoms with Gasteiger partial charge in [-0.05, 0) is 24.9 Å². The molecular formula is C15H21ClN2O2. The zero-order valence-electron chi connectivity index (χ0n) is 11.5. The smallest absolute Gasteiger partial charge is 0.239 e. The van der Waals surface area contributed by atoms with E-state index >= 15 is 0 Å². The fraction of sp³-hybridized carbons (Fsp3) is 0.533. The van der Waals surface area contributed by atoms with Crippen LogP contribution in [-0.2, 0) is 9.53 Å². The number of carbonyl (C=O) groups is 1. The van der Waals surface area contributed by atoms with E-state index in [0.29, 0.717) is 19.7 Å². The SMILES string of the molecule is Cl.O=C([C@@H]1CCCN1)N1CCOC(c2ccccc2)C1. The van der Waals surface area contributed by atoms with Crippen molar-refractivity contribution in [1.82, 2.24) is 10.2 Å². The van der Waals surface area contributed by atoms with Gasteiger partial charge in [-0.15, -0.1) is 12.4 Å². The molecule has 1 N–H and O–H groups in total. The summed E-state index contributed by atoms with van der Waals surface area (Å²) in [7, 11) is 0. The van der Waals surface area contributed by atoms with Gasteiger partial charge in [0.05, 0.1) is 19.2 Å². The van der Waals surface area contributed by atoms with Gasteiger partial charge in [0.1, 0.15) is 6.10 Å². The number of rotatable bonds is 2. The molecule has 2 aliphatic heterocycles. The van der Waals surface area contributed by atoms with Crippen LogP contribution in [0.3, 0.4) is 0 Å². The van der Waals surface area contributed by atoms with Crippen LogP contribution in [0.2, 0.25) is 0 Å². The summed E-state index contributed by atoms with van der Waals surface area (Å²) in [5.74, 6) is 0.238. The fourth-order valence-electron chi connectivity index (χ4n) is 2.83. The first-order chi connectivity index (χ1) is 9.34. The maximum atomic E-state index is 12.4. The summed E-state index contributed by atoms with van der Waals surface area (Å²) < 4.78 is 5.79. The Hall–Kier alpha value is -1.10. The van der Waals surface area contributed by atoms with Gasteiger partial charge in [-0.25, -0.2) is 0 Å². The lowest BCUT2D eigenvalue weighted by atomic mass is 10.1. The highest BCUT2D eigenvalue weighted by Crippen LogP contribution is 2.23. The van der Waals surface area contributed by atoms with E-state index in [1.807, 2.05) is 23.1 Å². The molecule has 0 bridgehead atoms. The van der Waals surface area contributed by atoms with E-state index in [2.05, 4.69) is 17.4 Å². The number of nitrogens with one attached hydrogen (secondary N) is 1. The molecule has 3 rings (SSSR count). The molecule has 0 radical (unpaired) electrons. The third-order valence-electron chi connectivity index (χ3n) is 3.91. The number of amides is 1. The normalized spacial score (nSPS) is 26.1. The molecule has 1 unspecified atom stereocenters. The number of halogens is 1. The number of ether oxygens (including phenoxy) is 1. The van der Waals surface area contributed by atoms with Crippen LogP contribution < -0.4 is 5.32 Å². The van der Waals surface area contributed by atoms with E-state index in [4.69, 9.17) is 4.74 Å². The minimum atomic E-state index is 0. The third kappa shape index (κ3) is 3.32. The predicted molar refractivity (Wildman–Crippen MR) is 80.0 cm³/mol. The Balaban J connectivity index is 0.00000147. The van der Waals surface area contributed by atoms with Gasteiger partial charge in [0.2, 0.25) is 5.91 Å². The highest BCUT2D eigenvalue weighted by atomic mass is 35.5. The predicted octanol–water partition coefficient (Wildman–Crippen LogP) is 1.76. The number of hydrogen-bond donors (Lipinski definition) is 1. The summed E-state index contributed by atoms with van der Waals surface area (Å²) in [6, 6.07) is 10.2. The largest absolute Gasteiger partial charge is 0.370 e. The van der Waals surface area contributed by atoms with Gasteiger partial charge >= 0.3 is 0 Å². The Morgan fingerprint density at radius 2 is 2.10 bits per heavy atom. The van der Waals surface area contributed by atoms with Gasteiger partial charge in [-0.1, -0.05) is 30.3 Å². The second-order valence-corrected chi connectivity index (χ2v) is 5.20. The molecule has 0 spiro atoms. The van der Waals surface area contributed by atoms with Crippen molar-refractivity contribution in [3.63, 3.8) is 0 Å². The third-order valence-corrected chi connectivity index (χ3v) is 3.91. The van der Waals surface area contributed by atoms with Gasteiger partial charge in [0, 0.05) is 6.54 Å². The van der Waals surface area contributed by atoms with Crippen molar-refractivity contribution in [1.29, 1.82) is 0 Å². The quantitative estimate of drug-likeness (QED) is 0.904. The van der Waals surface area contributed by atoms with Crippen molar-refractivity contribution >= 4 is 18.3 Å². The number of carbonyl (C=O) groups excluding carboxylic acids is 1. The zero-order valence-corrected chi connectivity index (χ0v) is 12.3. The molecule has 1 aromatic carbocycles. The Bertz CT molecular complexity index is 435. The minimum Gasteiger partial charge on any atom is -0.370 e. The first kappa shape index (κ1) is 15.3. The first-order valence-corrected chi connectivity index (χ1v) is 7.03. The van der Waals surface area contributed by atoms with Crippen LogP contribution in [-0.4, -0.2) is 43.1 Å². The molecule has 4 nitrogen and oxygen atoms in total. The first-order valence-electron chi connectivity index (χ1n) is 7.03. The topological polar surface area (TPSA) is 41.6 Å². The summed E-state index contributed by atoms with van der Waals surface area (Å²) in [5, 5.41) is 3.28. The van der Waals surface area contributed by atoms with Crippen LogP contribution in [0.5, 0.6) is 0 Å². The molecular weight excluding hydrogens is 276 g/mol. The second kappa shape index (κ2) is 7.07. The Morgan fingerprint density at radius 3 is 2.80 bits per heavy atom. The van der Waals surface area contributed by atoms with E-state index in [9.17, 15) is 4.79 Å². The highest BCUT2D eigenvalue weighted by molar-refractivity contribution is 5.85. The lowest BCUT2D eigenvalue weighted by Gasteiger charge is -2.34. The van der Waals surface area contributed by atoms with E-state index in [1.165, 1.54) is 0 Å². The van der Waals surface area contributed by atoms with Gasteiger partial charge < -0.3 is 15.0 Å². The average molecular weight is 297 g/mol. The summed E-state index contributed by atoms with van der Waals surface area (Å²) >= 11 is 0. The number of hydrogen-bond acceptors (Lipinski definition) is 3. The molecule has 0 aliphatic carbocycles. The maximum Gasteiger partial charge on any atom is 0.239 e. The average Bonchev–Trinajstić information content (AvgIpc) is 3.02. The van der Waals surface area contributed by atoms with Crippen molar-refractivity contribution in [2.24, 2.45) is 0 Å². The fourth-order valence-corrected chi connectivity index (χ4v) is 2.83. The van der Waals surface area contributed by atoms with Crippen molar-refractivity contribution in [3.05, 3.63) is 35.9 Å². The van der Waals surface area contributed by atoms with Crippen molar-refractivity contribution in [3.8, 4) is 0 Å². The molecule has 0 saturated carbocycles. The van der Waals surface area contributed by atoms with Crippen molar-refractivity contribution in [2.45, 2.75) is 25.0 Å². The maximum absolute atomic E-state index is 12.4. The molecule has 20 heavy (non-hydrogen) atoms. The minimum absolute atomic E-state index is 0. The lowest BCUT2D eigenvalue weighted by molar-refractivity contribution is -0.140. The van der Waals surface area contributed by atoms with Crippen LogP contribution in [0.1, 0.15) is 24.5 Å². The summed E-state index contributed by atoms with van der Waals surface area (Å²) in [5.41, 5.74) is 1.15. The van der Waals surface area contributed by atoms with Crippen LogP contribution in [0.4, 0.5) is 0 Å². The number of benzene rings is 1. The van der Waals surface area contributed by atoms with Crippen LogP contribution in [0.15, 0.2) is 30.3 Å². The number of morpholine rings is 1. The molecule has 5 heteroatoms. The summed E-state index contributed by atoms with van der Waals surface area (Å²) in [6.07, 6.45) is 2.08. The summed E-state index contributed by atoms with van der Waals surface area (Å²) in [6.45, 7) is 2.96. The van der Waals surface area contributed by atoms with Gasteiger partial charge in [0.25, 0.3) is 0 Å². The van der Waals surface area contributed by atoms with Crippen LogP contribution in [0.25, 0.3) is 0 Å². The Labute approximate surface area is 125 Å². The molecule has 2 atom stereocenters. The van der Waals surface area contributed by atoms with Gasteiger partial charge in [0.15, 0.2) is 0 Å². The van der Waals surface area contributed by atoms with E-state index in [1.54, 1.807) is 0 Å².